The highest BCUT2D eigenvalue weighted by atomic mass is 32.1. The second-order valence-electron chi connectivity index (χ2n) is 6.68. The molecule has 0 saturated heterocycles. The van der Waals surface area contributed by atoms with Gasteiger partial charge in [0.25, 0.3) is 0 Å². The molecule has 3 aromatic heterocycles. The van der Waals surface area contributed by atoms with E-state index < -0.39 is 0 Å². The Morgan fingerprint density at radius 3 is 3.04 bits per heavy atom. The maximum atomic E-state index is 5.84. The molecule has 4 heterocycles. The van der Waals surface area contributed by atoms with E-state index in [0.717, 1.165) is 46.9 Å². The largest absolute Gasteiger partial charge is 0.497 e. The Labute approximate surface area is 160 Å². The number of ether oxygens (including phenoxy) is 2. The third kappa shape index (κ3) is 2.90. The molecule has 0 bridgehead atoms. The van der Waals surface area contributed by atoms with Crippen LogP contribution < -0.4 is 9.47 Å². The van der Waals surface area contributed by atoms with Crippen molar-refractivity contribution in [3.05, 3.63) is 46.9 Å². The lowest BCUT2D eigenvalue weighted by atomic mass is 10.1. The Morgan fingerprint density at radius 1 is 1.26 bits per heavy atom. The molecule has 1 aromatic carbocycles. The van der Waals surface area contributed by atoms with Crippen LogP contribution in [-0.2, 0) is 19.6 Å². The van der Waals surface area contributed by atoms with Crippen LogP contribution in [0, 0.1) is 0 Å². The van der Waals surface area contributed by atoms with Gasteiger partial charge in [0.15, 0.2) is 11.5 Å². The zero-order chi connectivity index (χ0) is 18.4. The van der Waals surface area contributed by atoms with E-state index in [0.29, 0.717) is 12.4 Å². The van der Waals surface area contributed by atoms with E-state index in [9.17, 15) is 0 Å². The fraction of sp³-hybridized carbons (Fsp3) is 0.316. The fourth-order valence-corrected chi connectivity index (χ4v) is 4.73. The first-order valence-electron chi connectivity index (χ1n) is 8.81. The summed E-state index contributed by atoms with van der Waals surface area (Å²) in [6.07, 6.45) is 2.76. The number of rotatable bonds is 4. The number of fused-ring (bicyclic) bond motifs is 5. The molecule has 0 saturated carbocycles. The van der Waals surface area contributed by atoms with Gasteiger partial charge >= 0.3 is 0 Å². The van der Waals surface area contributed by atoms with Gasteiger partial charge < -0.3 is 14.4 Å². The first kappa shape index (κ1) is 16.5. The average Bonchev–Trinajstić information content (AvgIpc) is 3.26. The fourth-order valence-electron chi connectivity index (χ4n) is 3.46. The first-order chi connectivity index (χ1) is 13.2. The van der Waals surface area contributed by atoms with Crippen molar-refractivity contribution >= 4 is 27.2 Å². The molecule has 5 rings (SSSR count). The van der Waals surface area contributed by atoms with Crippen LogP contribution in [0.3, 0.4) is 0 Å². The molecule has 7 nitrogen and oxygen atoms in total. The number of nitrogens with zero attached hydrogens (tertiary/aromatic N) is 5. The number of likely N-dealkylation sites (N-methyl/N-ethyl adjacent to an activating group) is 1. The SMILES string of the molecule is COc1cccc(OCc2nc3c4c5c(sc4ncn3n2)CN(C)CC5)c1. The number of benzene rings is 1. The smallest absolute Gasteiger partial charge is 0.189 e. The van der Waals surface area contributed by atoms with Crippen molar-refractivity contribution in [2.75, 3.05) is 20.7 Å². The minimum Gasteiger partial charge on any atom is -0.497 e. The molecule has 138 valence electrons. The number of methoxy groups -OCH3 is 1. The van der Waals surface area contributed by atoms with E-state index in [2.05, 4.69) is 22.0 Å². The molecule has 0 amide bonds. The van der Waals surface area contributed by atoms with Crippen molar-refractivity contribution in [3.8, 4) is 11.5 Å². The van der Waals surface area contributed by atoms with Crippen molar-refractivity contribution in [1.82, 2.24) is 24.5 Å². The Morgan fingerprint density at radius 2 is 2.15 bits per heavy atom. The molecular formula is C19H19N5O2S. The summed E-state index contributed by atoms with van der Waals surface area (Å²) in [5.74, 6) is 2.13. The molecule has 0 radical (unpaired) electrons. The summed E-state index contributed by atoms with van der Waals surface area (Å²) >= 11 is 1.76. The van der Waals surface area contributed by atoms with Crippen LogP contribution >= 0.6 is 11.3 Å². The van der Waals surface area contributed by atoms with Gasteiger partial charge in [-0.25, -0.2) is 14.5 Å². The molecule has 0 atom stereocenters. The van der Waals surface area contributed by atoms with Crippen molar-refractivity contribution in [2.45, 2.75) is 19.6 Å². The van der Waals surface area contributed by atoms with Crippen LogP contribution in [0.1, 0.15) is 16.3 Å². The molecule has 0 fully saturated rings. The van der Waals surface area contributed by atoms with Gasteiger partial charge in [-0.2, -0.15) is 0 Å². The van der Waals surface area contributed by atoms with E-state index in [1.54, 1.807) is 29.3 Å². The van der Waals surface area contributed by atoms with Gasteiger partial charge in [-0.05, 0) is 31.2 Å². The number of hydrogen-bond acceptors (Lipinski definition) is 7. The van der Waals surface area contributed by atoms with Crippen LogP contribution in [-0.4, -0.2) is 45.2 Å². The standard InChI is InChI=1S/C19H19N5O2S/c1-23-7-6-14-15(9-23)27-19-17(14)18-21-16(22-24(18)11-20-19)10-26-13-5-3-4-12(8-13)25-2/h3-5,8,11H,6-7,9-10H2,1-2H3. The zero-order valence-corrected chi connectivity index (χ0v) is 16.0. The first-order valence-corrected chi connectivity index (χ1v) is 9.63. The number of aromatic nitrogens is 4. The highest BCUT2D eigenvalue weighted by Crippen LogP contribution is 2.35. The maximum absolute atomic E-state index is 5.84. The third-order valence-corrected chi connectivity index (χ3v) is 5.95. The van der Waals surface area contributed by atoms with E-state index in [4.69, 9.17) is 14.5 Å². The lowest BCUT2D eigenvalue weighted by molar-refractivity contribution is 0.294. The molecule has 0 spiro atoms. The molecule has 4 aromatic rings. The highest BCUT2D eigenvalue weighted by molar-refractivity contribution is 7.19. The Kier molecular flexibility index (Phi) is 3.95. The second kappa shape index (κ2) is 6.47. The summed E-state index contributed by atoms with van der Waals surface area (Å²) in [7, 11) is 3.79. The molecule has 1 aliphatic rings. The molecule has 0 N–H and O–H groups in total. The lowest BCUT2D eigenvalue weighted by Gasteiger charge is -2.21. The predicted molar refractivity (Wildman–Crippen MR) is 104 cm³/mol. The summed E-state index contributed by atoms with van der Waals surface area (Å²) in [6.45, 7) is 2.33. The average molecular weight is 381 g/mol. The van der Waals surface area contributed by atoms with Crippen molar-refractivity contribution in [2.24, 2.45) is 0 Å². The van der Waals surface area contributed by atoms with Crippen LogP contribution in [0.2, 0.25) is 0 Å². The quantitative estimate of drug-likeness (QED) is 0.542. The van der Waals surface area contributed by atoms with E-state index in [1.165, 1.54) is 10.4 Å². The number of hydrogen-bond donors (Lipinski definition) is 0. The van der Waals surface area contributed by atoms with Crippen molar-refractivity contribution < 1.29 is 9.47 Å². The summed E-state index contributed by atoms with van der Waals surface area (Å²) in [5, 5.41) is 5.69. The lowest BCUT2D eigenvalue weighted by Crippen LogP contribution is -2.25. The second-order valence-corrected chi connectivity index (χ2v) is 7.76. The van der Waals surface area contributed by atoms with Gasteiger partial charge in [-0.15, -0.1) is 16.4 Å². The van der Waals surface area contributed by atoms with Crippen LogP contribution in [0.4, 0.5) is 0 Å². The molecule has 27 heavy (non-hydrogen) atoms. The van der Waals surface area contributed by atoms with E-state index >= 15 is 0 Å². The Hall–Kier alpha value is -2.71. The summed E-state index contributed by atoms with van der Waals surface area (Å²) in [5.41, 5.74) is 2.24. The van der Waals surface area contributed by atoms with Gasteiger partial charge in [0, 0.05) is 24.0 Å². The van der Waals surface area contributed by atoms with E-state index in [1.807, 2.05) is 24.3 Å². The zero-order valence-electron chi connectivity index (χ0n) is 15.2. The topological polar surface area (TPSA) is 64.8 Å². The van der Waals surface area contributed by atoms with Gasteiger partial charge in [0.1, 0.15) is 29.3 Å². The monoisotopic (exact) mass is 381 g/mol. The van der Waals surface area contributed by atoms with Crippen molar-refractivity contribution in [3.63, 3.8) is 0 Å². The Bertz CT molecular complexity index is 1140. The molecule has 8 heteroatoms. The third-order valence-electron chi connectivity index (χ3n) is 4.82. The molecular weight excluding hydrogens is 362 g/mol. The number of thiophene rings is 1. The summed E-state index contributed by atoms with van der Waals surface area (Å²) in [6, 6.07) is 7.52. The summed E-state index contributed by atoms with van der Waals surface area (Å²) < 4.78 is 12.8. The van der Waals surface area contributed by atoms with Gasteiger partial charge in [0.2, 0.25) is 0 Å². The van der Waals surface area contributed by atoms with Crippen LogP contribution in [0.25, 0.3) is 15.9 Å². The minimum atomic E-state index is 0.297. The molecule has 0 aliphatic carbocycles. The van der Waals surface area contributed by atoms with Gasteiger partial charge in [-0.1, -0.05) is 6.07 Å². The van der Waals surface area contributed by atoms with Crippen molar-refractivity contribution in [1.29, 1.82) is 0 Å². The molecule has 0 unspecified atom stereocenters. The predicted octanol–water partition coefficient (Wildman–Crippen LogP) is 2.91. The van der Waals surface area contributed by atoms with Gasteiger partial charge in [-0.3, -0.25) is 0 Å². The highest BCUT2D eigenvalue weighted by Gasteiger charge is 2.22. The van der Waals surface area contributed by atoms with E-state index in [-0.39, 0.29) is 0 Å². The van der Waals surface area contributed by atoms with Crippen LogP contribution in [0.15, 0.2) is 30.6 Å². The van der Waals surface area contributed by atoms with Crippen LogP contribution in [0.5, 0.6) is 11.5 Å². The summed E-state index contributed by atoms with van der Waals surface area (Å²) in [4.78, 5) is 14.1. The molecule has 1 aliphatic heterocycles. The normalized spacial score (nSPS) is 14.6. The Balaban J connectivity index is 1.48. The minimum absolute atomic E-state index is 0.297. The van der Waals surface area contributed by atoms with Gasteiger partial charge in [0.05, 0.1) is 12.5 Å². The maximum Gasteiger partial charge on any atom is 0.189 e.